The molecule has 1 saturated carbocycles. The van der Waals surface area contributed by atoms with Gasteiger partial charge in [0.15, 0.2) is 0 Å². The molecule has 1 heteroatoms. The van der Waals surface area contributed by atoms with Gasteiger partial charge >= 0.3 is 0 Å². The molecule has 1 aliphatic rings. The van der Waals surface area contributed by atoms with Crippen LogP contribution in [0.5, 0.6) is 0 Å². The molecule has 2 rings (SSSR count). The van der Waals surface area contributed by atoms with Crippen molar-refractivity contribution in [2.45, 2.75) is 77.7 Å². The molecule has 20 heavy (non-hydrogen) atoms. The lowest BCUT2D eigenvalue weighted by Gasteiger charge is -2.25. The van der Waals surface area contributed by atoms with Crippen molar-refractivity contribution in [2.75, 3.05) is 7.11 Å². The molecule has 0 radical (unpaired) electrons. The maximum absolute atomic E-state index is 5.07. The van der Waals surface area contributed by atoms with E-state index in [1.165, 1.54) is 62.5 Å². The van der Waals surface area contributed by atoms with Crippen LogP contribution in [0.25, 0.3) is 0 Å². The van der Waals surface area contributed by atoms with Crippen molar-refractivity contribution >= 4 is 0 Å². The predicted molar refractivity (Wildman–Crippen MR) is 88.2 cm³/mol. The second kappa shape index (κ2) is 10.9. The Morgan fingerprint density at radius 2 is 1.55 bits per heavy atom. The first-order chi connectivity index (χ1) is 9.81. The first kappa shape index (κ1) is 17.2. The van der Waals surface area contributed by atoms with Crippen molar-refractivity contribution in [3.63, 3.8) is 0 Å². The molecule has 0 saturated heterocycles. The first-order valence-corrected chi connectivity index (χ1v) is 8.39. The lowest BCUT2D eigenvalue weighted by Crippen LogP contribution is -2.08. The van der Waals surface area contributed by atoms with Gasteiger partial charge in [0, 0.05) is 7.11 Å². The van der Waals surface area contributed by atoms with E-state index < -0.39 is 0 Å². The Kier molecular flexibility index (Phi) is 9.40. The summed E-state index contributed by atoms with van der Waals surface area (Å²) >= 11 is 0. The van der Waals surface area contributed by atoms with Gasteiger partial charge in [-0.2, -0.15) is 0 Å². The maximum atomic E-state index is 5.07. The second-order valence-corrected chi connectivity index (χ2v) is 5.86. The highest BCUT2D eigenvalue weighted by atomic mass is 16.5. The average molecular weight is 276 g/mol. The average Bonchev–Trinajstić information content (AvgIpc) is 2.41. The Labute approximate surface area is 125 Å². The van der Waals surface area contributed by atoms with Crippen LogP contribution >= 0.6 is 0 Å². The van der Waals surface area contributed by atoms with Crippen LogP contribution in [0.3, 0.4) is 0 Å². The molecule has 1 fully saturated rings. The van der Waals surface area contributed by atoms with E-state index in [2.05, 4.69) is 38.1 Å². The molecule has 0 aromatic heterocycles. The van der Waals surface area contributed by atoms with E-state index in [4.69, 9.17) is 4.74 Å². The number of hydrogen-bond acceptors (Lipinski definition) is 1. The Morgan fingerprint density at radius 1 is 0.950 bits per heavy atom. The van der Waals surface area contributed by atoms with Gasteiger partial charge in [-0.05, 0) is 29.9 Å². The topological polar surface area (TPSA) is 9.23 Å². The summed E-state index contributed by atoms with van der Waals surface area (Å²) < 4.78 is 5.07. The van der Waals surface area contributed by atoms with Crippen molar-refractivity contribution in [3.05, 3.63) is 35.4 Å². The standard InChI is InChI=1S/C12H16O.C7H16/c1-13-9-10-5-7-12(8-6-10)11-3-2-4-11;1-3-5-7-6-4-2/h5-8,11H,2-4,9H2,1H3;3-7H2,1-2H3. The second-order valence-electron chi connectivity index (χ2n) is 5.86. The number of unbranched alkanes of at least 4 members (excludes halogenated alkanes) is 4. The highest BCUT2D eigenvalue weighted by Crippen LogP contribution is 2.36. The van der Waals surface area contributed by atoms with Gasteiger partial charge in [-0.1, -0.05) is 76.6 Å². The number of methoxy groups -OCH3 is 1. The normalized spacial score (nSPS) is 14.3. The fourth-order valence-corrected chi connectivity index (χ4v) is 2.47. The summed E-state index contributed by atoms with van der Waals surface area (Å²) in [4.78, 5) is 0. The van der Waals surface area contributed by atoms with Crippen molar-refractivity contribution in [1.82, 2.24) is 0 Å². The number of hydrogen-bond donors (Lipinski definition) is 0. The van der Waals surface area contributed by atoms with Crippen molar-refractivity contribution in [1.29, 1.82) is 0 Å². The monoisotopic (exact) mass is 276 g/mol. The van der Waals surface area contributed by atoms with Crippen LogP contribution in [-0.4, -0.2) is 7.11 Å². The Bertz CT molecular complexity index is 320. The zero-order valence-electron chi connectivity index (χ0n) is 13.7. The molecule has 114 valence electrons. The van der Waals surface area contributed by atoms with Gasteiger partial charge in [0.05, 0.1) is 6.61 Å². The summed E-state index contributed by atoms with van der Waals surface area (Å²) in [7, 11) is 1.74. The Hall–Kier alpha value is -0.820. The van der Waals surface area contributed by atoms with Crippen LogP contribution in [0.2, 0.25) is 0 Å². The maximum Gasteiger partial charge on any atom is 0.0713 e. The molecule has 0 unspecified atom stereocenters. The molecule has 0 heterocycles. The Morgan fingerprint density at radius 3 is 1.95 bits per heavy atom. The predicted octanol–water partition coefficient (Wildman–Crippen LogP) is 6.08. The summed E-state index contributed by atoms with van der Waals surface area (Å²) in [6.45, 7) is 5.22. The van der Waals surface area contributed by atoms with Crippen LogP contribution in [0.1, 0.15) is 82.3 Å². The highest BCUT2D eigenvalue weighted by Gasteiger charge is 2.18. The summed E-state index contributed by atoms with van der Waals surface area (Å²) in [5, 5.41) is 0. The fraction of sp³-hybridized carbons (Fsp3) is 0.684. The van der Waals surface area contributed by atoms with Crippen LogP contribution < -0.4 is 0 Å². The van der Waals surface area contributed by atoms with Crippen LogP contribution in [0.15, 0.2) is 24.3 Å². The molecule has 1 aliphatic carbocycles. The van der Waals surface area contributed by atoms with Crippen LogP contribution in [-0.2, 0) is 11.3 Å². The van der Waals surface area contributed by atoms with E-state index in [1.54, 1.807) is 7.11 Å². The summed E-state index contributed by atoms with van der Waals surface area (Å²) in [5.41, 5.74) is 2.77. The van der Waals surface area contributed by atoms with Gasteiger partial charge in [-0.25, -0.2) is 0 Å². The molecule has 1 aromatic carbocycles. The van der Waals surface area contributed by atoms with Gasteiger partial charge < -0.3 is 4.74 Å². The quantitative estimate of drug-likeness (QED) is 0.549. The molecule has 1 nitrogen and oxygen atoms in total. The minimum atomic E-state index is 0.727. The molecule has 0 spiro atoms. The van der Waals surface area contributed by atoms with E-state index in [0.29, 0.717) is 0 Å². The lowest BCUT2D eigenvalue weighted by molar-refractivity contribution is 0.185. The lowest BCUT2D eigenvalue weighted by atomic mass is 9.80. The van der Waals surface area contributed by atoms with E-state index in [0.717, 1.165) is 12.5 Å². The highest BCUT2D eigenvalue weighted by molar-refractivity contribution is 5.26. The van der Waals surface area contributed by atoms with E-state index in [9.17, 15) is 0 Å². The van der Waals surface area contributed by atoms with E-state index >= 15 is 0 Å². The SMILES string of the molecule is CCCCCCC.COCc1ccc(C2CCC2)cc1. The minimum absolute atomic E-state index is 0.727. The van der Waals surface area contributed by atoms with Crippen LogP contribution in [0, 0.1) is 0 Å². The summed E-state index contributed by atoms with van der Waals surface area (Å²) in [6, 6.07) is 8.85. The smallest absolute Gasteiger partial charge is 0.0713 e. The molecule has 0 N–H and O–H groups in total. The molecule has 0 bridgehead atoms. The third-order valence-corrected chi connectivity index (χ3v) is 4.07. The number of rotatable bonds is 7. The van der Waals surface area contributed by atoms with E-state index in [-0.39, 0.29) is 0 Å². The summed E-state index contributed by atoms with van der Waals surface area (Å²) in [5.74, 6) is 0.844. The Balaban J connectivity index is 0.000000246. The van der Waals surface area contributed by atoms with Gasteiger partial charge in [0.1, 0.15) is 0 Å². The van der Waals surface area contributed by atoms with Gasteiger partial charge in [0.2, 0.25) is 0 Å². The third-order valence-electron chi connectivity index (χ3n) is 4.07. The van der Waals surface area contributed by atoms with Crippen molar-refractivity contribution < 1.29 is 4.74 Å². The zero-order chi connectivity index (χ0) is 14.6. The molecule has 0 amide bonds. The minimum Gasteiger partial charge on any atom is -0.380 e. The van der Waals surface area contributed by atoms with Crippen molar-refractivity contribution in [2.24, 2.45) is 0 Å². The van der Waals surface area contributed by atoms with Crippen molar-refractivity contribution in [3.8, 4) is 0 Å². The largest absolute Gasteiger partial charge is 0.380 e. The fourth-order valence-electron chi connectivity index (χ4n) is 2.47. The van der Waals surface area contributed by atoms with Gasteiger partial charge in [-0.3, -0.25) is 0 Å². The molecular formula is C19H32O. The van der Waals surface area contributed by atoms with E-state index in [1.807, 2.05) is 0 Å². The van der Waals surface area contributed by atoms with Gasteiger partial charge in [0.25, 0.3) is 0 Å². The molecular weight excluding hydrogens is 244 g/mol. The number of ether oxygens (including phenoxy) is 1. The number of benzene rings is 1. The third kappa shape index (κ3) is 6.56. The van der Waals surface area contributed by atoms with Crippen LogP contribution in [0.4, 0.5) is 0 Å². The summed E-state index contributed by atoms with van der Waals surface area (Å²) in [6.07, 6.45) is 11.2. The molecule has 0 aliphatic heterocycles. The molecule has 0 atom stereocenters. The first-order valence-electron chi connectivity index (χ1n) is 8.39. The van der Waals surface area contributed by atoms with Gasteiger partial charge in [-0.15, -0.1) is 0 Å². The molecule has 1 aromatic rings. The zero-order valence-corrected chi connectivity index (χ0v) is 13.7.